The summed E-state index contributed by atoms with van der Waals surface area (Å²) in [4.78, 5) is 42.5. The molecule has 4 atom stereocenters. The number of rotatable bonds is 7. The molecule has 2 fully saturated rings. The van der Waals surface area contributed by atoms with Crippen molar-refractivity contribution in [2.24, 2.45) is 11.8 Å². The van der Waals surface area contributed by atoms with Crippen LogP contribution >= 0.6 is 0 Å². The van der Waals surface area contributed by atoms with Gasteiger partial charge in [0.25, 0.3) is 0 Å². The SMILES string of the molecule is C[C@@H]1CN(c2cc(F)c(C3=CCCN(c4ncc(CN(C)C)cn4)C3)cc2NC(=O)C2CNC(=O)CC2C(F)(F)F)C[C@H](C)N1C. The first-order chi connectivity index (χ1) is 21.7. The Morgan fingerprint density at radius 2 is 1.78 bits per heavy atom. The van der Waals surface area contributed by atoms with Gasteiger partial charge in [0.1, 0.15) is 5.82 Å². The van der Waals surface area contributed by atoms with E-state index >= 15 is 4.39 Å². The lowest BCUT2D eigenvalue weighted by Crippen LogP contribution is -2.55. The average molecular weight is 647 g/mol. The second kappa shape index (κ2) is 13.5. The van der Waals surface area contributed by atoms with Gasteiger partial charge in [0.15, 0.2) is 0 Å². The molecule has 1 aromatic carbocycles. The highest BCUT2D eigenvalue weighted by molar-refractivity contribution is 5.98. The summed E-state index contributed by atoms with van der Waals surface area (Å²) in [6, 6.07) is 3.11. The quantitative estimate of drug-likeness (QED) is 0.440. The second-order valence-electron chi connectivity index (χ2n) is 12.9. The van der Waals surface area contributed by atoms with Crippen molar-refractivity contribution >= 4 is 34.7 Å². The summed E-state index contributed by atoms with van der Waals surface area (Å²) in [5.74, 6) is -5.26. The molecule has 2 aromatic rings. The third kappa shape index (κ3) is 7.43. The zero-order chi connectivity index (χ0) is 33.3. The number of alkyl halides is 3. The highest BCUT2D eigenvalue weighted by atomic mass is 19.4. The Labute approximate surface area is 266 Å². The molecular weight excluding hydrogens is 604 g/mol. The van der Waals surface area contributed by atoms with Crippen LogP contribution in [-0.2, 0) is 16.1 Å². The Bertz CT molecular complexity index is 1450. The minimum Gasteiger partial charge on any atom is -0.367 e. The van der Waals surface area contributed by atoms with Crippen LogP contribution in [0.5, 0.6) is 0 Å². The van der Waals surface area contributed by atoms with Crippen LogP contribution in [0.4, 0.5) is 34.9 Å². The molecule has 2 amide bonds. The van der Waals surface area contributed by atoms with Crippen LogP contribution in [0.1, 0.15) is 37.8 Å². The molecule has 2 saturated heterocycles. The molecule has 2 unspecified atom stereocenters. The number of carbonyl (C=O) groups excluding carboxylic acids is 2. The van der Waals surface area contributed by atoms with Crippen LogP contribution in [0.25, 0.3) is 5.57 Å². The highest BCUT2D eigenvalue weighted by Gasteiger charge is 2.50. The van der Waals surface area contributed by atoms with Gasteiger partial charge in [-0.2, -0.15) is 13.2 Å². The van der Waals surface area contributed by atoms with E-state index < -0.39 is 48.6 Å². The number of halogens is 4. The van der Waals surface area contributed by atoms with E-state index in [-0.39, 0.29) is 23.3 Å². The van der Waals surface area contributed by atoms with Crippen molar-refractivity contribution in [3.8, 4) is 0 Å². The second-order valence-corrected chi connectivity index (χ2v) is 12.9. The van der Waals surface area contributed by atoms with Crippen LogP contribution in [0.2, 0.25) is 0 Å². The molecular formula is C32H42F4N8O2. The van der Waals surface area contributed by atoms with Crippen molar-refractivity contribution in [2.75, 3.05) is 69.0 Å². The number of amides is 2. The summed E-state index contributed by atoms with van der Waals surface area (Å²) in [5, 5.41) is 5.12. The smallest absolute Gasteiger partial charge is 0.367 e. The van der Waals surface area contributed by atoms with Crippen molar-refractivity contribution in [1.29, 1.82) is 0 Å². The van der Waals surface area contributed by atoms with Crippen molar-refractivity contribution < 1.29 is 27.2 Å². The van der Waals surface area contributed by atoms with Gasteiger partial charge in [-0.15, -0.1) is 0 Å². The van der Waals surface area contributed by atoms with E-state index in [9.17, 15) is 22.8 Å². The molecule has 46 heavy (non-hydrogen) atoms. The standard InChI is InChI=1S/C32H42F4N8O2/c1-19-15-44(16-20(2)42(19)5)28-11-26(33)23(9-27(28)40-30(46)24-14-37-29(45)10-25(24)32(34,35)36)22-7-6-8-43(18-22)31-38-12-21(13-39-31)17-41(3)4/h7,9,11-13,19-20,24-25H,6,8,10,14-18H2,1-5H3,(H,37,45)(H,40,46)/t19-,20+,24?,25?. The van der Waals surface area contributed by atoms with Gasteiger partial charge in [0.05, 0.1) is 23.2 Å². The number of likely N-dealkylation sites (N-methyl/N-ethyl adjacent to an activating group) is 1. The molecule has 3 aliphatic rings. The largest absolute Gasteiger partial charge is 0.393 e. The van der Waals surface area contributed by atoms with Gasteiger partial charge >= 0.3 is 6.18 Å². The number of carbonyl (C=O) groups is 2. The molecule has 10 nitrogen and oxygen atoms in total. The van der Waals surface area contributed by atoms with E-state index in [2.05, 4.69) is 25.5 Å². The van der Waals surface area contributed by atoms with Gasteiger partial charge < -0.3 is 25.3 Å². The summed E-state index contributed by atoms with van der Waals surface area (Å²) in [5.41, 5.74) is 2.49. The number of anilines is 3. The number of aromatic nitrogens is 2. The van der Waals surface area contributed by atoms with Gasteiger partial charge in [0, 0.05) is 81.3 Å². The van der Waals surface area contributed by atoms with E-state index in [4.69, 9.17) is 0 Å². The van der Waals surface area contributed by atoms with E-state index in [0.29, 0.717) is 56.4 Å². The minimum absolute atomic E-state index is 0.108. The number of benzene rings is 1. The monoisotopic (exact) mass is 646 g/mol. The van der Waals surface area contributed by atoms with E-state index in [1.807, 2.05) is 55.8 Å². The number of hydrogen-bond donors (Lipinski definition) is 2. The predicted molar refractivity (Wildman–Crippen MR) is 169 cm³/mol. The van der Waals surface area contributed by atoms with Gasteiger partial charge in [-0.3, -0.25) is 14.5 Å². The highest BCUT2D eigenvalue weighted by Crippen LogP contribution is 2.39. The number of nitrogens with zero attached hydrogens (tertiary/aromatic N) is 6. The van der Waals surface area contributed by atoms with Gasteiger partial charge in [0.2, 0.25) is 17.8 Å². The molecule has 0 saturated carbocycles. The fourth-order valence-corrected chi connectivity index (χ4v) is 6.46. The molecule has 2 N–H and O–H groups in total. The van der Waals surface area contributed by atoms with Crippen LogP contribution in [0.15, 0.2) is 30.6 Å². The average Bonchev–Trinajstić information content (AvgIpc) is 3.00. The molecule has 3 aliphatic heterocycles. The molecule has 0 bridgehead atoms. The first-order valence-corrected chi connectivity index (χ1v) is 15.6. The third-order valence-electron chi connectivity index (χ3n) is 9.18. The Hall–Kier alpha value is -3.78. The summed E-state index contributed by atoms with van der Waals surface area (Å²) >= 11 is 0. The number of hydrogen-bond acceptors (Lipinski definition) is 8. The van der Waals surface area contributed by atoms with Crippen molar-refractivity contribution in [3.63, 3.8) is 0 Å². The molecule has 14 heteroatoms. The number of piperidine rings is 1. The maximum atomic E-state index is 16.1. The number of piperazine rings is 1. The first-order valence-electron chi connectivity index (χ1n) is 15.6. The van der Waals surface area contributed by atoms with Crippen LogP contribution in [-0.4, -0.2) is 104 Å². The molecule has 0 aliphatic carbocycles. The van der Waals surface area contributed by atoms with E-state index in [0.717, 1.165) is 5.56 Å². The zero-order valence-electron chi connectivity index (χ0n) is 26.9. The maximum Gasteiger partial charge on any atom is 0.393 e. The van der Waals surface area contributed by atoms with Crippen molar-refractivity contribution in [1.82, 2.24) is 25.1 Å². The van der Waals surface area contributed by atoms with Gasteiger partial charge in [-0.05, 0) is 59.1 Å². The third-order valence-corrected chi connectivity index (χ3v) is 9.18. The van der Waals surface area contributed by atoms with Crippen LogP contribution in [0, 0.1) is 17.7 Å². The van der Waals surface area contributed by atoms with E-state index in [1.54, 1.807) is 12.4 Å². The van der Waals surface area contributed by atoms with E-state index in [1.165, 1.54) is 12.1 Å². The number of nitrogens with one attached hydrogen (secondary N) is 2. The predicted octanol–water partition coefficient (Wildman–Crippen LogP) is 3.75. The van der Waals surface area contributed by atoms with Crippen LogP contribution < -0.4 is 20.4 Å². The van der Waals surface area contributed by atoms with Gasteiger partial charge in [-0.1, -0.05) is 6.08 Å². The van der Waals surface area contributed by atoms with Crippen LogP contribution in [0.3, 0.4) is 0 Å². The molecule has 1 aromatic heterocycles. The van der Waals surface area contributed by atoms with Crippen molar-refractivity contribution in [2.45, 2.75) is 51.5 Å². The Morgan fingerprint density at radius 1 is 1.11 bits per heavy atom. The summed E-state index contributed by atoms with van der Waals surface area (Å²) in [6.45, 7) is 6.35. The Morgan fingerprint density at radius 3 is 2.41 bits per heavy atom. The normalized spacial score (nSPS) is 24.6. The molecule has 5 rings (SSSR count). The van der Waals surface area contributed by atoms with Gasteiger partial charge in [-0.25, -0.2) is 14.4 Å². The summed E-state index contributed by atoms with van der Waals surface area (Å²) < 4.78 is 57.8. The molecule has 0 spiro atoms. The topological polar surface area (TPSA) is 96.9 Å². The summed E-state index contributed by atoms with van der Waals surface area (Å²) in [7, 11) is 5.92. The molecule has 0 radical (unpaired) electrons. The Balaban J connectivity index is 1.46. The lowest BCUT2D eigenvalue weighted by Gasteiger charge is -2.44. The molecule has 250 valence electrons. The first kappa shape index (κ1) is 33.6. The fourth-order valence-electron chi connectivity index (χ4n) is 6.46. The fraction of sp³-hybridized carbons (Fsp3) is 0.562. The lowest BCUT2D eigenvalue weighted by atomic mass is 9.84. The molecule has 4 heterocycles. The lowest BCUT2D eigenvalue weighted by molar-refractivity contribution is -0.197. The van der Waals surface area contributed by atoms with Crippen molar-refractivity contribution in [3.05, 3.63) is 47.5 Å². The maximum absolute atomic E-state index is 16.1. The Kier molecular flexibility index (Phi) is 9.87. The minimum atomic E-state index is -4.73. The zero-order valence-corrected chi connectivity index (χ0v) is 26.9. The summed E-state index contributed by atoms with van der Waals surface area (Å²) in [6.07, 6.45) is 0.506.